The number of carbonyl (C=O) groups is 2. The fraction of sp³-hybridized carbons (Fsp3) is 0.440. The fourth-order valence-corrected chi connectivity index (χ4v) is 8.60. The number of amides is 2. The molecule has 0 spiro atoms. The summed E-state index contributed by atoms with van der Waals surface area (Å²) in [7, 11) is 1.72. The largest absolute Gasteiger partial charge is 0.496 e. The van der Waals surface area contributed by atoms with E-state index < -0.39 is 5.91 Å². The van der Waals surface area contributed by atoms with Crippen molar-refractivity contribution < 1.29 is 14.3 Å². The molecule has 2 aromatic carbocycles. The van der Waals surface area contributed by atoms with Gasteiger partial charge in [0.1, 0.15) is 5.75 Å². The van der Waals surface area contributed by atoms with Gasteiger partial charge >= 0.3 is 0 Å². The number of hydrogen-bond donors (Lipinski definition) is 2. The average Bonchev–Trinajstić information content (AvgIpc) is 2.72. The number of halogens is 1. The first kappa shape index (κ1) is 20.8. The Labute approximate surface area is 196 Å². The molecule has 0 saturated heterocycles. The van der Waals surface area contributed by atoms with Crippen LogP contribution in [0.25, 0.3) is 0 Å². The van der Waals surface area contributed by atoms with Crippen LogP contribution in [0.15, 0.2) is 42.5 Å². The summed E-state index contributed by atoms with van der Waals surface area (Å²) in [5.41, 5.74) is 8.15. The van der Waals surface area contributed by atoms with Gasteiger partial charge in [-0.2, -0.15) is 0 Å². The van der Waals surface area contributed by atoms with E-state index in [0.29, 0.717) is 28.7 Å². The lowest BCUT2D eigenvalue weighted by Gasteiger charge is -2.59. The van der Waals surface area contributed by atoms with Crippen molar-refractivity contribution in [2.75, 3.05) is 12.4 Å². The van der Waals surface area contributed by atoms with Crippen LogP contribution in [0.1, 0.15) is 64.3 Å². The van der Waals surface area contributed by atoms with Crippen molar-refractivity contribution in [3.8, 4) is 5.75 Å². The van der Waals surface area contributed by atoms with Crippen molar-refractivity contribution in [1.29, 1.82) is 0 Å². The van der Waals surface area contributed by atoms with E-state index in [-0.39, 0.29) is 9.33 Å². The van der Waals surface area contributed by atoms with Gasteiger partial charge in [0.05, 0.1) is 7.11 Å². The molecular formula is C25H27IN2O3. The number of alkyl halides is 1. The molecule has 6 rings (SSSR count). The van der Waals surface area contributed by atoms with Crippen LogP contribution < -0.4 is 15.8 Å². The standard InChI is InChI=1S/C25H27IN2O3/c1-31-21-7-4-17(24(30)28-19-5-2-16(3-6-19)23(27)29)11-20(21)22-18-9-14-8-15(10-18)13-25(22,26)12-14/h2-7,11,14-15,18,22H,8-10,12-13H2,1H3,(H2,27,29)(H,28,30). The molecule has 2 aromatic rings. The molecule has 4 aliphatic carbocycles. The van der Waals surface area contributed by atoms with Crippen LogP contribution in [-0.2, 0) is 0 Å². The lowest BCUT2D eigenvalue weighted by molar-refractivity contribution is 0.0231. The minimum atomic E-state index is -0.485. The highest BCUT2D eigenvalue weighted by Gasteiger charge is 2.56. The highest BCUT2D eigenvalue weighted by molar-refractivity contribution is 14.1. The maximum absolute atomic E-state index is 13.0. The number of nitrogens with two attached hydrogens (primary N) is 1. The van der Waals surface area contributed by atoms with E-state index in [0.717, 1.165) is 17.6 Å². The van der Waals surface area contributed by atoms with E-state index >= 15 is 0 Å². The second kappa shape index (κ2) is 7.80. The first-order valence-corrected chi connectivity index (χ1v) is 12.0. The smallest absolute Gasteiger partial charge is 0.255 e. The van der Waals surface area contributed by atoms with Gasteiger partial charge in [0.15, 0.2) is 0 Å². The van der Waals surface area contributed by atoms with Crippen molar-refractivity contribution in [3.63, 3.8) is 0 Å². The molecule has 0 aromatic heterocycles. The zero-order valence-electron chi connectivity index (χ0n) is 17.6. The molecule has 3 N–H and O–H groups in total. The zero-order valence-corrected chi connectivity index (χ0v) is 19.7. The molecule has 4 saturated carbocycles. The van der Waals surface area contributed by atoms with E-state index in [2.05, 4.69) is 27.9 Å². The van der Waals surface area contributed by atoms with Gasteiger partial charge in [-0.15, -0.1) is 0 Å². The number of hydrogen-bond acceptors (Lipinski definition) is 3. The molecule has 6 heteroatoms. The lowest BCUT2D eigenvalue weighted by atomic mass is 9.50. The van der Waals surface area contributed by atoms with E-state index in [1.165, 1.54) is 37.7 Å². The molecule has 162 valence electrons. The van der Waals surface area contributed by atoms with E-state index in [1.807, 2.05) is 18.2 Å². The molecule has 4 fully saturated rings. The Hall–Kier alpha value is -2.09. The van der Waals surface area contributed by atoms with Gasteiger partial charge in [-0.3, -0.25) is 9.59 Å². The summed E-state index contributed by atoms with van der Waals surface area (Å²) < 4.78 is 6.02. The second-order valence-corrected chi connectivity index (χ2v) is 11.6. The van der Waals surface area contributed by atoms with Crippen LogP contribution >= 0.6 is 22.6 Å². The van der Waals surface area contributed by atoms with Gasteiger partial charge in [-0.25, -0.2) is 0 Å². The summed E-state index contributed by atoms with van der Waals surface area (Å²) in [4.78, 5) is 24.3. The van der Waals surface area contributed by atoms with Crippen molar-refractivity contribution in [2.45, 2.75) is 41.4 Å². The highest BCUT2D eigenvalue weighted by atomic mass is 127. The molecule has 0 heterocycles. The minimum absolute atomic E-state index is 0.165. The Bertz CT molecular complexity index is 1020. The van der Waals surface area contributed by atoms with E-state index in [4.69, 9.17) is 10.5 Å². The van der Waals surface area contributed by atoms with E-state index in [1.54, 1.807) is 31.4 Å². The molecule has 3 atom stereocenters. The Morgan fingerprint density at radius 1 is 1.03 bits per heavy atom. The third-order valence-corrected chi connectivity index (χ3v) is 9.03. The number of rotatable bonds is 5. The quantitative estimate of drug-likeness (QED) is 0.415. The Morgan fingerprint density at radius 2 is 1.68 bits per heavy atom. The van der Waals surface area contributed by atoms with Gasteiger partial charge in [-0.05, 0) is 97.9 Å². The summed E-state index contributed by atoms with van der Waals surface area (Å²) in [6, 6.07) is 12.4. The van der Waals surface area contributed by atoms with Gasteiger partial charge in [0.2, 0.25) is 5.91 Å². The molecule has 5 nitrogen and oxygen atoms in total. The van der Waals surface area contributed by atoms with Crippen LogP contribution in [0, 0.1) is 17.8 Å². The molecule has 4 aliphatic rings. The summed E-state index contributed by atoms with van der Waals surface area (Å²) >= 11 is 2.73. The van der Waals surface area contributed by atoms with Crippen molar-refractivity contribution in [2.24, 2.45) is 23.5 Å². The summed E-state index contributed by atoms with van der Waals surface area (Å²) in [6.07, 6.45) is 6.56. The maximum Gasteiger partial charge on any atom is 0.255 e. The topological polar surface area (TPSA) is 81.4 Å². The first-order chi connectivity index (χ1) is 14.9. The number of benzene rings is 2. The third kappa shape index (κ3) is 3.73. The van der Waals surface area contributed by atoms with Crippen molar-refractivity contribution in [1.82, 2.24) is 0 Å². The monoisotopic (exact) mass is 530 g/mol. The minimum Gasteiger partial charge on any atom is -0.496 e. The molecule has 4 bridgehead atoms. The highest BCUT2D eigenvalue weighted by Crippen LogP contribution is 2.66. The fourth-order valence-electron chi connectivity index (χ4n) is 6.51. The van der Waals surface area contributed by atoms with Gasteiger partial charge < -0.3 is 15.8 Å². The van der Waals surface area contributed by atoms with Crippen LogP contribution in [0.2, 0.25) is 0 Å². The van der Waals surface area contributed by atoms with Gasteiger partial charge in [-0.1, -0.05) is 22.6 Å². The number of ether oxygens (including phenoxy) is 1. The summed E-state index contributed by atoms with van der Waals surface area (Å²) in [6.45, 7) is 0. The lowest BCUT2D eigenvalue weighted by Crippen LogP contribution is -2.52. The number of anilines is 1. The second-order valence-electron chi connectivity index (χ2n) is 9.47. The number of nitrogens with one attached hydrogen (secondary N) is 1. The SMILES string of the molecule is COc1ccc(C(=O)Nc2ccc(C(N)=O)cc2)cc1C1C2CC3CC(C2)CC1(I)C3. The molecule has 3 unspecified atom stereocenters. The summed E-state index contributed by atoms with van der Waals surface area (Å²) in [5.74, 6) is 3.08. The Kier molecular flexibility index (Phi) is 5.23. The predicted molar refractivity (Wildman–Crippen MR) is 129 cm³/mol. The van der Waals surface area contributed by atoms with Crippen molar-refractivity contribution >= 4 is 40.1 Å². The first-order valence-electron chi connectivity index (χ1n) is 10.9. The average molecular weight is 530 g/mol. The predicted octanol–water partition coefficient (Wildman–Crippen LogP) is 5.14. The van der Waals surface area contributed by atoms with Gasteiger partial charge in [0, 0.05) is 26.2 Å². The molecule has 31 heavy (non-hydrogen) atoms. The van der Waals surface area contributed by atoms with Gasteiger partial charge in [0.25, 0.3) is 5.91 Å². The summed E-state index contributed by atoms with van der Waals surface area (Å²) in [5, 5.41) is 2.93. The Morgan fingerprint density at radius 3 is 2.26 bits per heavy atom. The molecular weight excluding hydrogens is 503 g/mol. The number of methoxy groups -OCH3 is 1. The number of carbonyl (C=O) groups excluding carboxylic acids is 2. The normalized spacial score (nSPS) is 30.8. The van der Waals surface area contributed by atoms with E-state index in [9.17, 15) is 9.59 Å². The molecule has 2 amide bonds. The maximum atomic E-state index is 13.0. The number of primary amides is 1. The van der Waals surface area contributed by atoms with Crippen molar-refractivity contribution in [3.05, 3.63) is 59.2 Å². The van der Waals surface area contributed by atoms with Crippen LogP contribution in [0.5, 0.6) is 5.75 Å². The van der Waals surface area contributed by atoms with Crippen LogP contribution in [0.3, 0.4) is 0 Å². The molecule has 0 radical (unpaired) electrons. The molecule has 0 aliphatic heterocycles. The van der Waals surface area contributed by atoms with Crippen LogP contribution in [-0.4, -0.2) is 22.3 Å². The van der Waals surface area contributed by atoms with Crippen LogP contribution in [0.4, 0.5) is 5.69 Å². The zero-order chi connectivity index (χ0) is 21.8. The Balaban J connectivity index is 1.43. The third-order valence-electron chi connectivity index (χ3n) is 7.48.